The van der Waals surface area contributed by atoms with Gasteiger partial charge in [-0.2, -0.15) is 0 Å². The van der Waals surface area contributed by atoms with Gasteiger partial charge in [-0.05, 0) is 59.3 Å². The first-order valence-electron chi connectivity index (χ1n) is 6.55. The number of nitrogens with one attached hydrogen (secondary N) is 1. The highest BCUT2D eigenvalue weighted by atomic mass is 79.9. The Morgan fingerprint density at radius 1 is 1.33 bits per heavy atom. The van der Waals surface area contributed by atoms with Gasteiger partial charge < -0.3 is 14.8 Å². The van der Waals surface area contributed by atoms with Gasteiger partial charge in [-0.3, -0.25) is 0 Å². The topological polar surface area (TPSA) is 30.5 Å². The molecule has 0 spiro atoms. The van der Waals surface area contributed by atoms with E-state index < -0.39 is 0 Å². The van der Waals surface area contributed by atoms with Crippen molar-refractivity contribution in [3.8, 4) is 11.5 Å². The maximum absolute atomic E-state index is 5.44. The van der Waals surface area contributed by atoms with Gasteiger partial charge in [-0.1, -0.05) is 6.92 Å². The average Bonchev–Trinajstić information content (AvgIpc) is 2.77. The van der Waals surface area contributed by atoms with Crippen LogP contribution in [0.15, 0.2) is 16.6 Å². The van der Waals surface area contributed by atoms with Crippen molar-refractivity contribution < 1.29 is 9.47 Å². The van der Waals surface area contributed by atoms with Crippen molar-refractivity contribution in [1.29, 1.82) is 0 Å². The van der Waals surface area contributed by atoms with Crippen molar-refractivity contribution in [3.05, 3.63) is 22.2 Å². The fourth-order valence-corrected chi connectivity index (χ4v) is 3.28. The average molecular weight is 312 g/mol. The molecule has 0 aromatic heterocycles. The molecule has 0 bridgehead atoms. The maximum atomic E-state index is 5.44. The fraction of sp³-hybridized carbons (Fsp3) is 0.571. The standard InChI is InChI=1S/C14H18BrNO2/c1-2-14(4-3-5-14)16-8-10-6-11(15)13-12(7-10)17-9-18-13/h6-7,16H,2-5,8-9H2,1H3. The van der Waals surface area contributed by atoms with Gasteiger partial charge in [0.05, 0.1) is 4.47 Å². The molecule has 1 aliphatic carbocycles. The molecule has 18 heavy (non-hydrogen) atoms. The van der Waals surface area contributed by atoms with E-state index in [0.29, 0.717) is 12.3 Å². The lowest BCUT2D eigenvalue weighted by molar-refractivity contribution is 0.172. The molecule has 1 aromatic rings. The van der Waals surface area contributed by atoms with Gasteiger partial charge in [0.1, 0.15) is 0 Å². The Balaban J connectivity index is 1.72. The molecule has 0 radical (unpaired) electrons. The highest BCUT2D eigenvalue weighted by Gasteiger charge is 2.34. The zero-order valence-corrected chi connectivity index (χ0v) is 12.2. The third-order valence-electron chi connectivity index (χ3n) is 4.14. The summed E-state index contributed by atoms with van der Waals surface area (Å²) in [7, 11) is 0. The van der Waals surface area contributed by atoms with Gasteiger partial charge in [0.25, 0.3) is 0 Å². The molecular formula is C14H18BrNO2. The smallest absolute Gasteiger partial charge is 0.231 e. The summed E-state index contributed by atoms with van der Waals surface area (Å²) in [5, 5.41) is 3.70. The summed E-state index contributed by atoms with van der Waals surface area (Å²) < 4.78 is 11.8. The molecule has 98 valence electrons. The molecule has 4 heteroatoms. The molecule has 0 saturated heterocycles. The monoisotopic (exact) mass is 311 g/mol. The van der Waals surface area contributed by atoms with Gasteiger partial charge in [-0.25, -0.2) is 0 Å². The van der Waals surface area contributed by atoms with E-state index in [2.05, 4.69) is 40.3 Å². The van der Waals surface area contributed by atoms with Crippen molar-refractivity contribution in [2.75, 3.05) is 6.79 Å². The predicted octanol–water partition coefficient (Wildman–Crippen LogP) is 3.60. The molecule has 3 rings (SSSR count). The van der Waals surface area contributed by atoms with Crippen molar-refractivity contribution in [2.24, 2.45) is 0 Å². The number of benzene rings is 1. The summed E-state index contributed by atoms with van der Waals surface area (Å²) in [6.07, 6.45) is 5.16. The SMILES string of the molecule is CCC1(NCc2cc(Br)c3c(c2)OCO3)CCC1. The zero-order valence-electron chi connectivity index (χ0n) is 10.6. The Morgan fingerprint density at radius 2 is 2.17 bits per heavy atom. The van der Waals surface area contributed by atoms with Gasteiger partial charge in [0.15, 0.2) is 11.5 Å². The molecule has 1 saturated carbocycles. The van der Waals surface area contributed by atoms with Crippen LogP contribution in [0.25, 0.3) is 0 Å². The molecule has 0 unspecified atom stereocenters. The second kappa shape index (κ2) is 4.74. The second-order valence-electron chi connectivity index (χ2n) is 5.15. The zero-order chi connectivity index (χ0) is 12.6. The molecule has 3 nitrogen and oxygen atoms in total. The number of rotatable bonds is 4. The van der Waals surface area contributed by atoms with Crippen LogP contribution in [0.1, 0.15) is 38.2 Å². The van der Waals surface area contributed by atoms with E-state index in [1.165, 1.54) is 31.2 Å². The minimum Gasteiger partial charge on any atom is -0.454 e. The molecule has 1 fully saturated rings. The molecule has 0 atom stereocenters. The summed E-state index contributed by atoms with van der Waals surface area (Å²) >= 11 is 3.53. The maximum Gasteiger partial charge on any atom is 0.231 e. The molecular weight excluding hydrogens is 294 g/mol. The van der Waals surface area contributed by atoms with E-state index >= 15 is 0 Å². The van der Waals surface area contributed by atoms with E-state index in [-0.39, 0.29) is 0 Å². The normalized spacial score (nSPS) is 19.7. The van der Waals surface area contributed by atoms with Gasteiger partial charge in [0, 0.05) is 12.1 Å². The van der Waals surface area contributed by atoms with Crippen molar-refractivity contribution in [3.63, 3.8) is 0 Å². The Labute approximate surface area is 116 Å². The van der Waals surface area contributed by atoms with Crippen LogP contribution < -0.4 is 14.8 Å². The Hall–Kier alpha value is -0.740. The van der Waals surface area contributed by atoms with E-state index in [0.717, 1.165) is 22.5 Å². The van der Waals surface area contributed by atoms with Crippen molar-refractivity contribution in [2.45, 2.75) is 44.7 Å². The molecule has 1 heterocycles. The molecule has 1 aliphatic heterocycles. The Morgan fingerprint density at radius 3 is 2.83 bits per heavy atom. The van der Waals surface area contributed by atoms with Crippen LogP contribution in [-0.4, -0.2) is 12.3 Å². The minimum absolute atomic E-state index is 0.323. The Bertz CT molecular complexity index is 452. The third-order valence-corrected chi connectivity index (χ3v) is 4.73. The summed E-state index contributed by atoms with van der Waals surface area (Å²) in [5.41, 5.74) is 1.62. The van der Waals surface area contributed by atoms with E-state index in [4.69, 9.17) is 9.47 Å². The van der Waals surface area contributed by atoms with Crippen molar-refractivity contribution in [1.82, 2.24) is 5.32 Å². The van der Waals surface area contributed by atoms with Gasteiger partial charge >= 0.3 is 0 Å². The Kier molecular flexibility index (Phi) is 3.24. The lowest BCUT2D eigenvalue weighted by atomic mass is 9.75. The van der Waals surface area contributed by atoms with E-state index in [9.17, 15) is 0 Å². The van der Waals surface area contributed by atoms with Crippen LogP contribution in [0.2, 0.25) is 0 Å². The summed E-state index contributed by atoms with van der Waals surface area (Å²) in [4.78, 5) is 0. The van der Waals surface area contributed by atoms with Crippen LogP contribution in [0.4, 0.5) is 0 Å². The van der Waals surface area contributed by atoms with E-state index in [1.54, 1.807) is 0 Å². The van der Waals surface area contributed by atoms with Crippen LogP contribution in [0.3, 0.4) is 0 Å². The second-order valence-corrected chi connectivity index (χ2v) is 6.01. The number of hydrogen-bond donors (Lipinski definition) is 1. The summed E-state index contributed by atoms with van der Waals surface area (Å²) in [6.45, 7) is 3.48. The highest BCUT2D eigenvalue weighted by Crippen LogP contribution is 2.40. The number of fused-ring (bicyclic) bond motifs is 1. The molecule has 1 aromatic carbocycles. The molecule has 1 N–H and O–H groups in total. The molecule has 2 aliphatic rings. The van der Waals surface area contributed by atoms with Gasteiger partial charge in [0.2, 0.25) is 6.79 Å². The van der Waals surface area contributed by atoms with Crippen LogP contribution in [-0.2, 0) is 6.54 Å². The largest absolute Gasteiger partial charge is 0.454 e. The lowest BCUT2D eigenvalue weighted by Crippen LogP contribution is -2.49. The lowest BCUT2D eigenvalue weighted by Gasteiger charge is -2.42. The fourth-order valence-electron chi connectivity index (χ4n) is 2.67. The third kappa shape index (κ3) is 2.12. The first-order chi connectivity index (χ1) is 8.72. The number of halogens is 1. The first kappa shape index (κ1) is 12.3. The highest BCUT2D eigenvalue weighted by molar-refractivity contribution is 9.10. The number of ether oxygens (including phenoxy) is 2. The predicted molar refractivity (Wildman–Crippen MR) is 74.0 cm³/mol. The number of hydrogen-bond acceptors (Lipinski definition) is 3. The minimum atomic E-state index is 0.323. The van der Waals surface area contributed by atoms with Crippen LogP contribution in [0, 0.1) is 0 Å². The first-order valence-corrected chi connectivity index (χ1v) is 7.35. The van der Waals surface area contributed by atoms with Crippen molar-refractivity contribution >= 4 is 15.9 Å². The van der Waals surface area contributed by atoms with Crippen LogP contribution >= 0.6 is 15.9 Å². The summed E-state index contributed by atoms with van der Waals surface area (Å²) in [6, 6.07) is 4.19. The quantitative estimate of drug-likeness (QED) is 0.921. The molecule has 0 amide bonds. The van der Waals surface area contributed by atoms with Crippen LogP contribution in [0.5, 0.6) is 11.5 Å². The van der Waals surface area contributed by atoms with E-state index in [1.807, 2.05) is 0 Å². The summed E-state index contributed by atoms with van der Waals surface area (Å²) in [5.74, 6) is 1.67. The van der Waals surface area contributed by atoms with Gasteiger partial charge in [-0.15, -0.1) is 0 Å².